The lowest BCUT2D eigenvalue weighted by molar-refractivity contribution is 0.0179. The van der Waals surface area contributed by atoms with E-state index in [1.807, 2.05) is 25.7 Å². The molecule has 1 fully saturated rings. The maximum absolute atomic E-state index is 12.0. The molecule has 21 heavy (non-hydrogen) atoms. The molecule has 0 aromatic carbocycles. The van der Waals surface area contributed by atoms with Crippen LogP contribution < -0.4 is 5.32 Å². The summed E-state index contributed by atoms with van der Waals surface area (Å²) >= 11 is 0. The number of amides is 1. The summed E-state index contributed by atoms with van der Waals surface area (Å²) in [5, 5.41) is 3.55. The number of carbonyl (C=O) groups is 1. The number of hydrogen-bond acceptors (Lipinski definition) is 4. The van der Waals surface area contributed by atoms with E-state index in [0.29, 0.717) is 12.5 Å². The summed E-state index contributed by atoms with van der Waals surface area (Å²) < 4.78 is 10.6. The Bertz CT molecular complexity index is 329. The number of nitrogens with zero attached hydrogens (tertiary/aromatic N) is 1. The molecular formula is C16H32N2O3. The molecule has 1 aliphatic rings. The van der Waals surface area contributed by atoms with Crippen molar-refractivity contribution in [3.63, 3.8) is 0 Å². The van der Waals surface area contributed by atoms with E-state index in [-0.39, 0.29) is 11.6 Å². The minimum atomic E-state index is -0.417. The van der Waals surface area contributed by atoms with Crippen molar-refractivity contribution in [2.75, 3.05) is 33.4 Å². The van der Waals surface area contributed by atoms with Crippen molar-refractivity contribution in [2.24, 2.45) is 5.92 Å². The van der Waals surface area contributed by atoms with E-state index >= 15 is 0 Å². The molecule has 5 nitrogen and oxygen atoms in total. The lowest BCUT2D eigenvalue weighted by Crippen LogP contribution is -2.48. The molecule has 0 aromatic rings. The van der Waals surface area contributed by atoms with Gasteiger partial charge in [0.05, 0.1) is 6.61 Å². The SMILES string of the molecule is COCC(C)(C)NCC1CCN(C(=O)OC(C)(C)C)CC1. The van der Waals surface area contributed by atoms with Crippen LogP contribution in [0.25, 0.3) is 0 Å². The predicted molar refractivity (Wildman–Crippen MR) is 84.5 cm³/mol. The van der Waals surface area contributed by atoms with Crippen molar-refractivity contribution in [3.05, 3.63) is 0 Å². The van der Waals surface area contributed by atoms with Gasteiger partial charge in [-0.15, -0.1) is 0 Å². The van der Waals surface area contributed by atoms with Crippen LogP contribution in [-0.2, 0) is 9.47 Å². The van der Waals surface area contributed by atoms with E-state index in [1.54, 1.807) is 7.11 Å². The normalized spacial score (nSPS) is 17.9. The van der Waals surface area contributed by atoms with E-state index in [2.05, 4.69) is 19.2 Å². The summed E-state index contributed by atoms with van der Waals surface area (Å²) in [5.74, 6) is 0.611. The van der Waals surface area contributed by atoms with E-state index in [4.69, 9.17) is 9.47 Å². The van der Waals surface area contributed by atoms with Crippen LogP contribution in [0, 0.1) is 5.92 Å². The van der Waals surface area contributed by atoms with Crippen LogP contribution in [-0.4, -0.2) is 55.5 Å². The maximum Gasteiger partial charge on any atom is 0.410 e. The first-order valence-corrected chi connectivity index (χ1v) is 7.85. The van der Waals surface area contributed by atoms with Gasteiger partial charge >= 0.3 is 6.09 Å². The monoisotopic (exact) mass is 300 g/mol. The zero-order valence-electron chi connectivity index (χ0n) is 14.5. The van der Waals surface area contributed by atoms with Gasteiger partial charge in [-0.25, -0.2) is 4.79 Å². The van der Waals surface area contributed by atoms with E-state index in [1.165, 1.54) is 0 Å². The van der Waals surface area contributed by atoms with Crippen molar-refractivity contribution >= 4 is 6.09 Å². The molecule has 1 aliphatic heterocycles. The highest BCUT2D eigenvalue weighted by Crippen LogP contribution is 2.20. The number of methoxy groups -OCH3 is 1. The second-order valence-corrected chi connectivity index (χ2v) is 7.61. The lowest BCUT2D eigenvalue weighted by Gasteiger charge is -2.35. The highest BCUT2D eigenvalue weighted by Gasteiger charge is 2.27. The largest absolute Gasteiger partial charge is 0.444 e. The van der Waals surface area contributed by atoms with Gasteiger partial charge < -0.3 is 19.7 Å². The Morgan fingerprint density at radius 3 is 2.24 bits per heavy atom. The Morgan fingerprint density at radius 2 is 1.76 bits per heavy atom. The number of nitrogens with one attached hydrogen (secondary N) is 1. The van der Waals surface area contributed by atoms with Gasteiger partial charge in [0.2, 0.25) is 0 Å². The molecule has 1 amide bonds. The zero-order valence-corrected chi connectivity index (χ0v) is 14.5. The van der Waals surface area contributed by atoms with Crippen LogP contribution in [0.5, 0.6) is 0 Å². The predicted octanol–water partition coefficient (Wildman–Crippen LogP) is 2.65. The molecule has 0 unspecified atom stereocenters. The van der Waals surface area contributed by atoms with Crippen molar-refractivity contribution in [1.82, 2.24) is 10.2 Å². The summed E-state index contributed by atoms with van der Waals surface area (Å²) in [4.78, 5) is 13.8. The molecule has 1 N–H and O–H groups in total. The molecule has 0 bridgehead atoms. The Kier molecular flexibility index (Phi) is 6.47. The molecule has 124 valence electrons. The van der Waals surface area contributed by atoms with Crippen LogP contribution >= 0.6 is 0 Å². The molecule has 5 heteroatoms. The molecule has 0 atom stereocenters. The number of piperidine rings is 1. The number of hydrogen-bond donors (Lipinski definition) is 1. The van der Waals surface area contributed by atoms with Gasteiger partial charge in [0, 0.05) is 25.7 Å². The third kappa shape index (κ3) is 7.14. The quantitative estimate of drug-likeness (QED) is 0.848. The summed E-state index contributed by atoms with van der Waals surface area (Å²) in [6.45, 7) is 13.2. The Hall–Kier alpha value is -0.810. The summed E-state index contributed by atoms with van der Waals surface area (Å²) in [7, 11) is 1.72. The van der Waals surface area contributed by atoms with Gasteiger partial charge in [-0.1, -0.05) is 0 Å². The number of carbonyl (C=O) groups excluding carboxylic acids is 1. The van der Waals surface area contributed by atoms with Gasteiger partial charge in [-0.05, 0) is 59.9 Å². The molecule has 0 aromatic heterocycles. The van der Waals surface area contributed by atoms with Crippen molar-refractivity contribution in [1.29, 1.82) is 0 Å². The van der Waals surface area contributed by atoms with Crippen molar-refractivity contribution < 1.29 is 14.3 Å². The fourth-order valence-corrected chi connectivity index (χ4v) is 2.48. The van der Waals surface area contributed by atoms with Gasteiger partial charge in [-0.3, -0.25) is 0 Å². The van der Waals surface area contributed by atoms with E-state index in [0.717, 1.165) is 32.5 Å². The molecule has 1 rings (SSSR count). The second-order valence-electron chi connectivity index (χ2n) is 7.61. The second kappa shape index (κ2) is 7.45. The standard InChI is InChI=1S/C16H32N2O3/c1-15(2,3)21-14(19)18-9-7-13(8-10-18)11-17-16(4,5)12-20-6/h13,17H,7-12H2,1-6H3. The first-order valence-electron chi connectivity index (χ1n) is 7.85. The maximum atomic E-state index is 12.0. The Morgan fingerprint density at radius 1 is 1.19 bits per heavy atom. The summed E-state index contributed by atoms with van der Waals surface area (Å²) in [6.07, 6.45) is 1.86. The zero-order chi connectivity index (χ0) is 16.1. The average molecular weight is 300 g/mol. The molecule has 1 saturated heterocycles. The van der Waals surface area contributed by atoms with Gasteiger partial charge in [0.1, 0.15) is 5.60 Å². The Labute approximate surface area is 129 Å². The average Bonchev–Trinajstić information content (AvgIpc) is 2.35. The van der Waals surface area contributed by atoms with E-state index < -0.39 is 5.60 Å². The van der Waals surface area contributed by atoms with Gasteiger partial charge in [0.25, 0.3) is 0 Å². The molecule has 1 heterocycles. The topological polar surface area (TPSA) is 50.8 Å². The van der Waals surface area contributed by atoms with E-state index in [9.17, 15) is 4.79 Å². The number of likely N-dealkylation sites (tertiary alicyclic amines) is 1. The molecule has 0 spiro atoms. The van der Waals surface area contributed by atoms with Crippen LogP contribution in [0.1, 0.15) is 47.5 Å². The smallest absolute Gasteiger partial charge is 0.410 e. The van der Waals surface area contributed by atoms with Crippen molar-refractivity contribution in [2.45, 2.75) is 58.6 Å². The molecule has 0 radical (unpaired) electrons. The van der Waals surface area contributed by atoms with Crippen LogP contribution in [0.4, 0.5) is 4.79 Å². The number of ether oxygens (including phenoxy) is 2. The number of rotatable bonds is 5. The van der Waals surface area contributed by atoms with Crippen molar-refractivity contribution in [3.8, 4) is 0 Å². The van der Waals surface area contributed by atoms with Crippen LogP contribution in [0.3, 0.4) is 0 Å². The highest BCUT2D eigenvalue weighted by molar-refractivity contribution is 5.68. The fourth-order valence-electron chi connectivity index (χ4n) is 2.48. The third-order valence-electron chi connectivity index (χ3n) is 3.64. The first kappa shape index (κ1) is 18.2. The highest BCUT2D eigenvalue weighted by atomic mass is 16.6. The van der Waals surface area contributed by atoms with Gasteiger partial charge in [0.15, 0.2) is 0 Å². The minimum Gasteiger partial charge on any atom is -0.444 e. The molecule has 0 saturated carbocycles. The van der Waals surface area contributed by atoms with Crippen LogP contribution in [0.2, 0.25) is 0 Å². The van der Waals surface area contributed by atoms with Gasteiger partial charge in [-0.2, -0.15) is 0 Å². The molecule has 0 aliphatic carbocycles. The fraction of sp³-hybridized carbons (Fsp3) is 0.938. The summed E-state index contributed by atoms with van der Waals surface area (Å²) in [6, 6.07) is 0. The first-order chi connectivity index (χ1) is 9.63. The lowest BCUT2D eigenvalue weighted by atomic mass is 9.95. The molecular weight excluding hydrogens is 268 g/mol. The van der Waals surface area contributed by atoms with Crippen LogP contribution in [0.15, 0.2) is 0 Å². The minimum absolute atomic E-state index is 0.00293. The third-order valence-corrected chi connectivity index (χ3v) is 3.64. The summed E-state index contributed by atoms with van der Waals surface area (Å²) in [5.41, 5.74) is -0.420. The Balaban J connectivity index is 2.31.